The van der Waals surface area contributed by atoms with Crippen LogP contribution in [0.4, 0.5) is 8.78 Å². The molecule has 0 aromatic heterocycles. The van der Waals surface area contributed by atoms with Crippen molar-refractivity contribution in [1.29, 1.82) is 0 Å². The molecule has 0 saturated carbocycles. The molecule has 0 saturated heterocycles. The topological polar surface area (TPSA) is 26.0 Å². The van der Waals surface area contributed by atoms with E-state index in [1.54, 1.807) is 12.1 Å². The highest BCUT2D eigenvalue weighted by Gasteiger charge is 2.33. The van der Waals surface area contributed by atoms with Gasteiger partial charge in [-0.15, -0.1) is 0 Å². The van der Waals surface area contributed by atoms with Gasteiger partial charge in [0.1, 0.15) is 11.5 Å². The van der Waals surface area contributed by atoms with Crippen LogP contribution in [0, 0.1) is 5.82 Å². The van der Waals surface area contributed by atoms with Gasteiger partial charge in [0, 0.05) is 13.0 Å². The molecule has 0 spiro atoms. The first-order valence-corrected chi connectivity index (χ1v) is 4.80. The maximum Gasteiger partial charge on any atom is 0.127 e. The van der Waals surface area contributed by atoms with Crippen molar-refractivity contribution in [3.8, 4) is 0 Å². The van der Waals surface area contributed by atoms with Crippen LogP contribution in [0.5, 0.6) is 0 Å². The molecule has 0 bridgehead atoms. The predicted octanol–water partition coefficient (Wildman–Crippen LogP) is 1.98. The summed E-state index contributed by atoms with van der Waals surface area (Å²) in [5, 5.41) is 0. The Balaban J connectivity index is 2.36. The van der Waals surface area contributed by atoms with Gasteiger partial charge < -0.3 is 5.73 Å². The van der Waals surface area contributed by atoms with Crippen LogP contribution in [0.3, 0.4) is 0 Å². The quantitative estimate of drug-likeness (QED) is 0.732. The van der Waals surface area contributed by atoms with E-state index >= 15 is 0 Å². The number of halogens is 2. The van der Waals surface area contributed by atoms with E-state index in [0.717, 1.165) is 5.56 Å². The van der Waals surface area contributed by atoms with Crippen molar-refractivity contribution in [1.82, 2.24) is 0 Å². The smallest absolute Gasteiger partial charge is 0.127 e. The lowest BCUT2D eigenvalue weighted by atomic mass is 9.81. The van der Waals surface area contributed by atoms with Gasteiger partial charge in [-0.2, -0.15) is 0 Å². The van der Waals surface area contributed by atoms with Gasteiger partial charge in [0.2, 0.25) is 0 Å². The molecule has 1 aliphatic rings. The summed E-state index contributed by atoms with van der Waals surface area (Å²) in [5.74, 6) is -0.221. The van der Waals surface area contributed by atoms with Crippen LogP contribution in [-0.4, -0.2) is 12.2 Å². The summed E-state index contributed by atoms with van der Waals surface area (Å²) in [4.78, 5) is 0. The van der Waals surface area contributed by atoms with Gasteiger partial charge >= 0.3 is 0 Å². The van der Waals surface area contributed by atoms with Crippen LogP contribution in [0.1, 0.15) is 17.5 Å². The lowest BCUT2D eigenvalue weighted by Gasteiger charge is -2.30. The molecule has 0 aliphatic heterocycles. The van der Waals surface area contributed by atoms with E-state index in [1.807, 2.05) is 0 Å². The molecule has 0 heterocycles. The Morgan fingerprint density at radius 3 is 2.93 bits per heavy atom. The van der Waals surface area contributed by atoms with Gasteiger partial charge in [0.15, 0.2) is 0 Å². The number of benzene rings is 1. The summed E-state index contributed by atoms with van der Waals surface area (Å²) in [5.41, 5.74) is 5.46. The lowest BCUT2D eigenvalue weighted by Crippen LogP contribution is -2.39. The van der Waals surface area contributed by atoms with Crippen molar-refractivity contribution < 1.29 is 8.78 Å². The lowest BCUT2D eigenvalue weighted by molar-refractivity contribution is 0.150. The van der Waals surface area contributed by atoms with Crippen molar-refractivity contribution in [2.75, 3.05) is 6.54 Å². The third-order valence-electron chi connectivity index (χ3n) is 2.91. The van der Waals surface area contributed by atoms with Crippen LogP contribution in [-0.2, 0) is 12.8 Å². The zero-order valence-corrected chi connectivity index (χ0v) is 7.89. The number of alkyl halides is 1. The largest absolute Gasteiger partial charge is 0.328 e. The normalized spacial score (nSPS) is 25.9. The fraction of sp³-hybridized carbons (Fsp3) is 0.455. The molecule has 1 aromatic carbocycles. The van der Waals surface area contributed by atoms with Gasteiger partial charge in [-0.3, -0.25) is 0 Å². The van der Waals surface area contributed by atoms with E-state index in [4.69, 9.17) is 5.73 Å². The van der Waals surface area contributed by atoms with E-state index < -0.39 is 5.67 Å². The Morgan fingerprint density at radius 2 is 2.21 bits per heavy atom. The molecule has 1 aromatic rings. The number of hydrogen-bond acceptors (Lipinski definition) is 1. The molecule has 0 radical (unpaired) electrons. The monoisotopic (exact) mass is 197 g/mol. The second-order valence-electron chi connectivity index (χ2n) is 3.91. The Hall–Kier alpha value is -0.960. The Labute approximate surface area is 81.9 Å². The first kappa shape index (κ1) is 9.59. The molecular weight excluding hydrogens is 184 g/mol. The summed E-state index contributed by atoms with van der Waals surface area (Å²) >= 11 is 0. The maximum atomic E-state index is 13.9. The van der Waals surface area contributed by atoms with Crippen molar-refractivity contribution in [2.45, 2.75) is 24.9 Å². The zero-order chi connectivity index (χ0) is 10.2. The summed E-state index contributed by atoms with van der Waals surface area (Å²) in [6, 6.07) is 4.82. The van der Waals surface area contributed by atoms with E-state index in [-0.39, 0.29) is 18.8 Å². The molecule has 1 aliphatic carbocycles. The standard InChI is InChI=1S/C11H13F2N/c12-10-3-1-2-8-6-11(13,7-14)5-4-9(8)10/h1-3H,4-7,14H2. The minimum absolute atomic E-state index is 0.0168. The molecule has 1 unspecified atom stereocenters. The molecule has 0 amide bonds. The van der Waals surface area contributed by atoms with Gasteiger partial charge in [-0.1, -0.05) is 12.1 Å². The third kappa shape index (κ3) is 1.52. The van der Waals surface area contributed by atoms with Crippen LogP contribution >= 0.6 is 0 Å². The zero-order valence-electron chi connectivity index (χ0n) is 7.89. The summed E-state index contributed by atoms with van der Waals surface area (Å²) < 4.78 is 27.1. The average molecular weight is 197 g/mol. The fourth-order valence-corrected chi connectivity index (χ4v) is 2.00. The number of rotatable bonds is 1. The SMILES string of the molecule is NCC1(F)CCc2c(F)cccc2C1. The van der Waals surface area contributed by atoms with Crippen molar-refractivity contribution >= 4 is 0 Å². The summed E-state index contributed by atoms with van der Waals surface area (Å²) in [7, 11) is 0. The molecule has 0 fully saturated rings. The van der Waals surface area contributed by atoms with Crippen LogP contribution in [0.15, 0.2) is 18.2 Å². The van der Waals surface area contributed by atoms with E-state index in [2.05, 4.69) is 0 Å². The van der Waals surface area contributed by atoms with Gasteiger partial charge in [0.25, 0.3) is 0 Å². The van der Waals surface area contributed by atoms with Gasteiger partial charge in [0.05, 0.1) is 0 Å². The molecule has 3 heteroatoms. The van der Waals surface area contributed by atoms with Crippen molar-refractivity contribution in [2.24, 2.45) is 5.73 Å². The summed E-state index contributed by atoms with van der Waals surface area (Å²) in [6.07, 6.45) is 1.03. The maximum absolute atomic E-state index is 13.9. The highest BCUT2D eigenvalue weighted by molar-refractivity contribution is 5.33. The Bertz CT molecular complexity index is 351. The Kier molecular flexibility index (Phi) is 2.27. The van der Waals surface area contributed by atoms with Crippen LogP contribution in [0.2, 0.25) is 0 Å². The second kappa shape index (κ2) is 3.31. The minimum Gasteiger partial charge on any atom is -0.328 e. The number of nitrogens with two attached hydrogens (primary N) is 1. The minimum atomic E-state index is -1.33. The number of fused-ring (bicyclic) bond motifs is 1. The molecule has 1 nitrogen and oxygen atoms in total. The van der Waals surface area contributed by atoms with Crippen molar-refractivity contribution in [3.63, 3.8) is 0 Å². The molecule has 76 valence electrons. The first-order chi connectivity index (χ1) is 6.64. The second-order valence-corrected chi connectivity index (χ2v) is 3.91. The molecule has 1 atom stereocenters. The van der Waals surface area contributed by atoms with Crippen LogP contribution in [0.25, 0.3) is 0 Å². The Morgan fingerprint density at radius 1 is 1.43 bits per heavy atom. The van der Waals surface area contributed by atoms with E-state index in [9.17, 15) is 8.78 Å². The highest BCUT2D eigenvalue weighted by atomic mass is 19.1. The first-order valence-electron chi connectivity index (χ1n) is 4.80. The molecule has 14 heavy (non-hydrogen) atoms. The van der Waals surface area contributed by atoms with Gasteiger partial charge in [-0.25, -0.2) is 8.78 Å². The predicted molar refractivity (Wildman–Crippen MR) is 51.3 cm³/mol. The fourth-order valence-electron chi connectivity index (χ4n) is 2.00. The molecular formula is C11H13F2N. The summed E-state index contributed by atoms with van der Waals surface area (Å²) in [6.45, 7) is 0.0168. The van der Waals surface area contributed by atoms with Gasteiger partial charge in [-0.05, 0) is 30.0 Å². The van der Waals surface area contributed by atoms with E-state index in [0.29, 0.717) is 18.4 Å². The average Bonchev–Trinajstić information content (AvgIpc) is 2.18. The van der Waals surface area contributed by atoms with E-state index in [1.165, 1.54) is 6.07 Å². The highest BCUT2D eigenvalue weighted by Crippen LogP contribution is 2.32. The van der Waals surface area contributed by atoms with Crippen molar-refractivity contribution in [3.05, 3.63) is 35.1 Å². The third-order valence-corrected chi connectivity index (χ3v) is 2.91. The molecule has 2 N–H and O–H groups in total. The number of hydrogen-bond donors (Lipinski definition) is 1. The molecule has 2 rings (SSSR count). The van der Waals surface area contributed by atoms with Crippen LogP contribution < -0.4 is 5.73 Å².